The van der Waals surface area contributed by atoms with Gasteiger partial charge in [-0.1, -0.05) is 13.0 Å². The van der Waals surface area contributed by atoms with Crippen LogP contribution in [0.1, 0.15) is 36.4 Å². The summed E-state index contributed by atoms with van der Waals surface area (Å²) in [6, 6.07) is 10.7. The number of amides is 1. The minimum atomic E-state index is -0.281. The van der Waals surface area contributed by atoms with Crippen LogP contribution in [0.15, 0.2) is 47.1 Å². The first-order chi connectivity index (χ1) is 11.1. The van der Waals surface area contributed by atoms with Gasteiger partial charge in [-0.3, -0.25) is 10.1 Å². The molecule has 1 amide bonds. The molecule has 0 aliphatic carbocycles. The molecule has 5 nitrogen and oxygen atoms in total. The number of nitrogens with one attached hydrogen (secondary N) is 2. The molecule has 23 heavy (non-hydrogen) atoms. The van der Waals surface area contributed by atoms with Gasteiger partial charge in [-0.25, -0.2) is 0 Å². The Hall–Kier alpha value is -2.34. The summed E-state index contributed by atoms with van der Waals surface area (Å²) >= 11 is 5.11. The number of benzene rings is 1. The minimum absolute atomic E-state index is 0.101. The zero-order chi connectivity index (χ0) is 16.7. The summed E-state index contributed by atoms with van der Waals surface area (Å²) in [7, 11) is 0. The van der Waals surface area contributed by atoms with E-state index in [1.807, 2.05) is 26.0 Å². The highest BCUT2D eigenvalue weighted by Gasteiger charge is 2.10. The molecular formula is C17H20N2O3S. The first-order valence-corrected chi connectivity index (χ1v) is 7.87. The molecule has 0 saturated carbocycles. The Kier molecular flexibility index (Phi) is 6.17. The number of rotatable bonds is 6. The van der Waals surface area contributed by atoms with Crippen molar-refractivity contribution in [3.63, 3.8) is 0 Å². The summed E-state index contributed by atoms with van der Waals surface area (Å²) in [5.74, 6) is 1.13. The molecule has 2 rings (SSSR count). The Morgan fingerprint density at radius 3 is 2.87 bits per heavy atom. The van der Waals surface area contributed by atoms with Crippen molar-refractivity contribution in [2.45, 2.75) is 32.9 Å². The number of furan rings is 1. The number of carbonyl (C=O) groups excluding carboxylic acids is 1. The van der Waals surface area contributed by atoms with Crippen LogP contribution in [-0.4, -0.2) is 17.1 Å². The van der Waals surface area contributed by atoms with E-state index in [0.29, 0.717) is 17.9 Å². The molecule has 0 radical (unpaired) electrons. The van der Waals surface area contributed by atoms with E-state index >= 15 is 0 Å². The molecule has 0 bridgehead atoms. The number of hydrogen-bond donors (Lipinski definition) is 2. The van der Waals surface area contributed by atoms with E-state index in [2.05, 4.69) is 10.6 Å². The van der Waals surface area contributed by atoms with Gasteiger partial charge in [0.2, 0.25) is 0 Å². The molecule has 0 aliphatic rings. The molecule has 0 spiro atoms. The van der Waals surface area contributed by atoms with Crippen LogP contribution in [0.5, 0.6) is 5.75 Å². The van der Waals surface area contributed by atoms with Crippen molar-refractivity contribution in [2.75, 3.05) is 0 Å². The summed E-state index contributed by atoms with van der Waals surface area (Å²) < 4.78 is 10.9. The highest BCUT2D eigenvalue weighted by atomic mass is 32.1. The average Bonchev–Trinajstić information content (AvgIpc) is 3.06. The summed E-state index contributed by atoms with van der Waals surface area (Å²) in [5.41, 5.74) is 0.493. The fraction of sp³-hybridized carbons (Fsp3) is 0.294. The molecule has 1 aromatic heterocycles. The first kappa shape index (κ1) is 17.0. The van der Waals surface area contributed by atoms with Crippen molar-refractivity contribution < 1.29 is 13.9 Å². The van der Waals surface area contributed by atoms with Crippen molar-refractivity contribution in [1.29, 1.82) is 0 Å². The van der Waals surface area contributed by atoms with Gasteiger partial charge in [0.05, 0.1) is 18.9 Å². The Balaban J connectivity index is 1.89. The van der Waals surface area contributed by atoms with Gasteiger partial charge in [0.1, 0.15) is 11.5 Å². The maximum Gasteiger partial charge on any atom is 0.257 e. The van der Waals surface area contributed by atoms with Crippen LogP contribution in [-0.2, 0) is 6.54 Å². The fourth-order valence-electron chi connectivity index (χ4n) is 1.83. The fourth-order valence-corrected chi connectivity index (χ4v) is 1.99. The Morgan fingerprint density at radius 2 is 2.17 bits per heavy atom. The molecule has 2 N–H and O–H groups in total. The summed E-state index contributed by atoms with van der Waals surface area (Å²) in [4.78, 5) is 12.2. The highest BCUT2D eigenvalue weighted by Crippen LogP contribution is 2.15. The summed E-state index contributed by atoms with van der Waals surface area (Å²) in [5, 5.41) is 5.80. The van der Waals surface area contributed by atoms with Gasteiger partial charge in [0.25, 0.3) is 5.91 Å². The predicted octanol–water partition coefficient (Wildman–Crippen LogP) is 3.26. The van der Waals surface area contributed by atoms with Crippen LogP contribution in [0.4, 0.5) is 0 Å². The van der Waals surface area contributed by atoms with Crippen molar-refractivity contribution in [3.8, 4) is 5.75 Å². The lowest BCUT2D eigenvalue weighted by atomic mass is 10.2. The van der Waals surface area contributed by atoms with Gasteiger partial charge >= 0.3 is 0 Å². The van der Waals surface area contributed by atoms with E-state index in [1.165, 1.54) is 0 Å². The van der Waals surface area contributed by atoms with Gasteiger partial charge in [-0.15, -0.1) is 0 Å². The maximum absolute atomic E-state index is 12.2. The van der Waals surface area contributed by atoms with Crippen LogP contribution in [0.25, 0.3) is 0 Å². The Morgan fingerprint density at radius 1 is 1.35 bits per heavy atom. The summed E-state index contributed by atoms with van der Waals surface area (Å²) in [6.07, 6.45) is 2.59. The van der Waals surface area contributed by atoms with Crippen LogP contribution >= 0.6 is 12.2 Å². The summed E-state index contributed by atoms with van der Waals surface area (Å²) in [6.45, 7) is 4.45. The van der Waals surface area contributed by atoms with E-state index in [0.717, 1.165) is 12.2 Å². The van der Waals surface area contributed by atoms with E-state index in [4.69, 9.17) is 21.4 Å². The van der Waals surface area contributed by atoms with Crippen LogP contribution in [0.2, 0.25) is 0 Å². The smallest absolute Gasteiger partial charge is 0.257 e. The third-order valence-corrected chi connectivity index (χ3v) is 3.49. The SMILES string of the molecule is CCC(C)Oc1cccc(C(=O)NC(=S)NCc2ccco2)c1. The van der Waals surface area contributed by atoms with E-state index in [1.54, 1.807) is 30.5 Å². The Bertz CT molecular complexity index is 656. The van der Waals surface area contributed by atoms with Gasteiger partial charge in [0, 0.05) is 5.56 Å². The number of hydrogen-bond acceptors (Lipinski definition) is 4. The van der Waals surface area contributed by atoms with Crippen molar-refractivity contribution in [2.24, 2.45) is 0 Å². The van der Waals surface area contributed by atoms with Crippen molar-refractivity contribution >= 4 is 23.2 Å². The average molecular weight is 332 g/mol. The number of ether oxygens (including phenoxy) is 1. The van der Waals surface area contributed by atoms with Gasteiger partial charge in [-0.05, 0) is 55.9 Å². The lowest BCUT2D eigenvalue weighted by Gasteiger charge is -2.13. The molecule has 2 aromatic rings. The molecular weight excluding hydrogens is 312 g/mol. The van der Waals surface area contributed by atoms with E-state index in [-0.39, 0.29) is 17.1 Å². The number of thiocarbonyl (C=S) groups is 1. The van der Waals surface area contributed by atoms with Gasteiger partial charge in [0.15, 0.2) is 5.11 Å². The van der Waals surface area contributed by atoms with Crippen molar-refractivity contribution in [3.05, 3.63) is 54.0 Å². The standard InChI is InChI=1S/C17H20N2O3S/c1-3-12(2)22-14-7-4-6-13(10-14)16(20)19-17(23)18-11-15-8-5-9-21-15/h4-10,12H,3,11H2,1-2H3,(H2,18,19,20,23). The third kappa shape index (κ3) is 5.41. The molecule has 0 aliphatic heterocycles. The minimum Gasteiger partial charge on any atom is -0.491 e. The van der Waals surface area contributed by atoms with Crippen LogP contribution < -0.4 is 15.4 Å². The normalized spacial score (nSPS) is 11.6. The van der Waals surface area contributed by atoms with Gasteiger partial charge in [-0.2, -0.15) is 0 Å². The van der Waals surface area contributed by atoms with Gasteiger partial charge < -0.3 is 14.5 Å². The molecule has 1 unspecified atom stereocenters. The third-order valence-electron chi connectivity index (χ3n) is 3.24. The topological polar surface area (TPSA) is 63.5 Å². The zero-order valence-corrected chi connectivity index (χ0v) is 14.0. The molecule has 1 atom stereocenters. The van der Waals surface area contributed by atoms with Crippen LogP contribution in [0.3, 0.4) is 0 Å². The second kappa shape index (κ2) is 8.33. The molecule has 1 heterocycles. The second-order valence-electron chi connectivity index (χ2n) is 5.08. The molecule has 1 aromatic carbocycles. The van der Waals surface area contributed by atoms with E-state index < -0.39 is 0 Å². The highest BCUT2D eigenvalue weighted by molar-refractivity contribution is 7.80. The Labute approximate surface area is 141 Å². The van der Waals surface area contributed by atoms with E-state index in [9.17, 15) is 4.79 Å². The van der Waals surface area contributed by atoms with Crippen LogP contribution in [0, 0.1) is 0 Å². The second-order valence-corrected chi connectivity index (χ2v) is 5.49. The predicted molar refractivity (Wildman–Crippen MR) is 92.4 cm³/mol. The van der Waals surface area contributed by atoms with Crippen molar-refractivity contribution in [1.82, 2.24) is 10.6 Å². The molecule has 0 saturated heterocycles. The molecule has 122 valence electrons. The maximum atomic E-state index is 12.2. The quantitative estimate of drug-likeness (QED) is 0.795. The number of carbonyl (C=O) groups is 1. The molecule has 0 fully saturated rings. The lowest BCUT2D eigenvalue weighted by Crippen LogP contribution is -2.38. The zero-order valence-electron chi connectivity index (χ0n) is 13.2. The molecule has 6 heteroatoms. The first-order valence-electron chi connectivity index (χ1n) is 7.46. The monoisotopic (exact) mass is 332 g/mol. The lowest BCUT2D eigenvalue weighted by molar-refractivity contribution is 0.0975. The largest absolute Gasteiger partial charge is 0.491 e.